The minimum absolute atomic E-state index is 0.161. The van der Waals surface area contributed by atoms with E-state index in [1.807, 2.05) is 0 Å². The van der Waals surface area contributed by atoms with Gasteiger partial charge in [0, 0.05) is 12.2 Å². The maximum Gasteiger partial charge on any atom is 0.326 e. The van der Waals surface area contributed by atoms with Gasteiger partial charge in [0.15, 0.2) is 0 Å². The molecule has 0 saturated carbocycles. The number of thioether (sulfide) groups is 1. The van der Waals surface area contributed by atoms with Crippen LogP contribution in [0.5, 0.6) is 0 Å². The summed E-state index contributed by atoms with van der Waals surface area (Å²) in [6.07, 6.45) is 1.61. The molecule has 0 aromatic rings. The molecule has 20 heavy (non-hydrogen) atoms. The number of carboxylic acids is 2. The number of amides is 1. The number of rotatable bonds is 11. The first-order valence-electron chi connectivity index (χ1n) is 6.46. The molecule has 8 heteroatoms. The van der Waals surface area contributed by atoms with Crippen LogP contribution >= 0.6 is 11.8 Å². The second-order valence-electron chi connectivity index (χ2n) is 4.37. The lowest BCUT2D eigenvalue weighted by Gasteiger charge is -2.17. The average Bonchev–Trinajstić information content (AvgIpc) is 2.38. The van der Waals surface area contributed by atoms with Gasteiger partial charge in [-0.2, -0.15) is 11.8 Å². The fraction of sp³-hybridized carbons (Fsp3) is 0.750. The number of carbonyl (C=O) groups is 3. The number of hydrogen-bond acceptors (Lipinski definition) is 5. The van der Waals surface area contributed by atoms with E-state index in [9.17, 15) is 14.4 Å². The molecule has 0 aliphatic heterocycles. The van der Waals surface area contributed by atoms with Crippen molar-refractivity contribution in [3.8, 4) is 0 Å². The molecule has 0 aromatic carbocycles. The summed E-state index contributed by atoms with van der Waals surface area (Å²) in [4.78, 5) is 33.0. The SMILES string of the molecule is CCCCSC[C@@H](N)C(=O)N[C@@H](CCC(=O)O)C(=O)O. The molecule has 0 unspecified atom stereocenters. The molecule has 116 valence electrons. The van der Waals surface area contributed by atoms with Crippen molar-refractivity contribution in [2.24, 2.45) is 5.73 Å². The summed E-state index contributed by atoms with van der Waals surface area (Å²) >= 11 is 1.54. The van der Waals surface area contributed by atoms with E-state index in [4.69, 9.17) is 15.9 Å². The predicted molar refractivity (Wildman–Crippen MR) is 76.6 cm³/mol. The molecule has 0 aliphatic rings. The topological polar surface area (TPSA) is 130 Å². The summed E-state index contributed by atoms with van der Waals surface area (Å²) in [5, 5.41) is 19.7. The molecule has 0 fully saturated rings. The Balaban J connectivity index is 4.16. The Morgan fingerprint density at radius 1 is 1.30 bits per heavy atom. The Labute approximate surface area is 122 Å². The third-order valence-corrected chi connectivity index (χ3v) is 3.71. The Bertz CT molecular complexity index is 338. The molecule has 0 spiro atoms. The van der Waals surface area contributed by atoms with Crippen molar-refractivity contribution in [1.82, 2.24) is 5.32 Å². The van der Waals surface area contributed by atoms with Gasteiger partial charge < -0.3 is 21.3 Å². The van der Waals surface area contributed by atoms with Crippen LogP contribution in [0.3, 0.4) is 0 Å². The molecule has 0 bridgehead atoms. The van der Waals surface area contributed by atoms with Crippen molar-refractivity contribution < 1.29 is 24.6 Å². The molecule has 5 N–H and O–H groups in total. The third kappa shape index (κ3) is 8.76. The minimum Gasteiger partial charge on any atom is -0.481 e. The summed E-state index contributed by atoms with van der Waals surface area (Å²) < 4.78 is 0. The molecule has 0 heterocycles. The van der Waals surface area contributed by atoms with Crippen LogP contribution in [0.15, 0.2) is 0 Å². The standard InChI is InChI=1S/C12H22N2O5S/c1-2-3-6-20-7-8(13)11(17)14-9(12(18)19)4-5-10(15)16/h8-9H,2-7,13H2,1H3,(H,14,17)(H,15,16)(H,18,19)/t8-,9+/m1/s1. The van der Waals surface area contributed by atoms with E-state index in [0.717, 1.165) is 18.6 Å². The first kappa shape index (κ1) is 18.7. The normalized spacial score (nSPS) is 13.5. The maximum atomic E-state index is 11.7. The molecule has 2 atom stereocenters. The number of hydrogen-bond donors (Lipinski definition) is 4. The van der Waals surface area contributed by atoms with Gasteiger partial charge >= 0.3 is 11.9 Å². The van der Waals surface area contributed by atoms with E-state index in [-0.39, 0.29) is 12.8 Å². The van der Waals surface area contributed by atoms with Crippen LogP contribution in [0.2, 0.25) is 0 Å². The van der Waals surface area contributed by atoms with Gasteiger partial charge in [0.1, 0.15) is 6.04 Å². The van der Waals surface area contributed by atoms with Gasteiger partial charge in [0.25, 0.3) is 0 Å². The highest BCUT2D eigenvalue weighted by molar-refractivity contribution is 7.99. The largest absolute Gasteiger partial charge is 0.481 e. The molecule has 0 saturated heterocycles. The van der Waals surface area contributed by atoms with Crippen molar-refractivity contribution in [3.63, 3.8) is 0 Å². The predicted octanol–water partition coefficient (Wildman–Crippen LogP) is 0.281. The number of unbranched alkanes of at least 4 members (excludes halogenated alkanes) is 1. The fourth-order valence-electron chi connectivity index (χ4n) is 1.34. The van der Waals surface area contributed by atoms with Crippen LogP contribution in [0.25, 0.3) is 0 Å². The van der Waals surface area contributed by atoms with Crippen LogP contribution in [0.1, 0.15) is 32.6 Å². The van der Waals surface area contributed by atoms with Gasteiger partial charge in [-0.15, -0.1) is 0 Å². The van der Waals surface area contributed by atoms with Gasteiger partial charge in [-0.3, -0.25) is 9.59 Å². The van der Waals surface area contributed by atoms with E-state index in [0.29, 0.717) is 5.75 Å². The van der Waals surface area contributed by atoms with Gasteiger partial charge in [0.2, 0.25) is 5.91 Å². The van der Waals surface area contributed by atoms with Crippen molar-refractivity contribution in [2.75, 3.05) is 11.5 Å². The third-order valence-electron chi connectivity index (χ3n) is 2.54. The van der Waals surface area contributed by atoms with Gasteiger partial charge in [-0.05, 0) is 18.6 Å². The first-order chi connectivity index (χ1) is 9.38. The quantitative estimate of drug-likeness (QED) is 0.403. The lowest BCUT2D eigenvalue weighted by molar-refractivity contribution is -0.143. The van der Waals surface area contributed by atoms with Crippen molar-refractivity contribution >= 4 is 29.6 Å². The zero-order valence-electron chi connectivity index (χ0n) is 11.5. The second-order valence-corrected chi connectivity index (χ2v) is 5.52. The number of aliphatic carboxylic acids is 2. The highest BCUT2D eigenvalue weighted by Crippen LogP contribution is 2.06. The number of nitrogens with two attached hydrogens (primary N) is 1. The molecule has 1 amide bonds. The Hall–Kier alpha value is -1.28. The fourth-order valence-corrected chi connectivity index (χ4v) is 2.40. The zero-order valence-corrected chi connectivity index (χ0v) is 12.3. The summed E-state index contributed by atoms with van der Waals surface area (Å²) in [6.45, 7) is 2.06. The molecule has 0 aromatic heterocycles. The van der Waals surface area contributed by atoms with E-state index in [1.165, 1.54) is 0 Å². The molecule has 0 aliphatic carbocycles. The van der Waals surface area contributed by atoms with E-state index in [1.54, 1.807) is 11.8 Å². The molecule has 0 radical (unpaired) electrons. The van der Waals surface area contributed by atoms with E-state index >= 15 is 0 Å². The minimum atomic E-state index is -1.26. The molecule has 0 rings (SSSR count). The molecular weight excluding hydrogens is 284 g/mol. The van der Waals surface area contributed by atoms with Crippen molar-refractivity contribution in [3.05, 3.63) is 0 Å². The highest BCUT2D eigenvalue weighted by atomic mass is 32.2. The summed E-state index contributed by atoms with van der Waals surface area (Å²) in [5.74, 6) is -1.61. The maximum absolute atomic E-state index is 11.7. The van der Waals surface area contributed by atoms with Gasteiger partial charge in [0.05, 0.1) is 6.04 Å². The van der Waals surface area contributed by atoms with E-state index in [2.05, 4.69) is 12.2 Å². The van der Waals surface area contributed by atoms with Crippen LogP contribution in [-0.4, -0.2) is 51.6 Å². The second kappa shape index (κ2) is 10.5. The monoisotopic (exact) mass is 306 g/mol. The molecular formula is C12H22N2O5S. The smallest absolute Gasteiger partial charge is 0.326 e. The summed E-state index contributed by atoms with van der Waals surface area (Å²) in [6, 6.07) is -2.01. The van der Waals surface area contributed by atoms with Crippen molar-refractivity contribution in [2.45, 2.75) is 44.7 Å². The Morgan fingerprint density at radius 2 is 1.95 bits per heavy atom. The number of carboxylic acid groups (broad SMARTS) is 2. The Kier molecular flexibility index (Phi) is 9.83. The van der Waals surface area contributed by atoms with Crippen LogP contribution in [-0.2, 0) is 14.4 Å². The van der Waals surface area contributed by atoms with Crippen LogP contribution < -0.4 is 11.1 Å². The summed E-state index contributed by atoms with van der Waals surface area (Å²) in [5.41, 5.74) is 5.66. The lowest BCUT2D eigenvalue weighted by atomic mass is 10.1. The molecule has 7 nitrogen and oxygen atoms in total. The van der Waals surface area contributed by atoms with E-state index < -0.39 is 29.9 Å². The first-order valence-corrected chi connectivity index (χ1v) is 7.62. The van der Waals surface area contributed by atoms with Crippen LogP contribution in [0, 0.1) is 0 Å². The zero-order chi connectivity index (χ0) is 15.5. The average molecular weight is 306 g/mol. The van der Waals surface area contributed by atoms with Crippen molar-refractivity contribution in [1.29, 1.82) is 0 Å². The number of nitrogens with one attached hydrogen (secondary N) is 1. The van der Waals surface area contributed by atoms with Gasteiger partial charge in [-0.25, -0.2) is 4.79 Å². The Morgan fingerprint density at radius 3 is 2.45 bits per heavy atom. The van der Waals surface area contributed by atoms with Crippen LogP contribution in [0.4, 0.5) is 0 Å². The highest BCUT2D eigenvalue weighted by Gasteiger charge is 2.23. The lowest BCUT2D eigenvalue weighted by Crippen LogP contribution is -2.49. The number of carbonyl (C=O) groups excluding carboxylic acids is 1. The van der Waals surface area contributed by atoms with Gasteiger partial charge in [-0.1, -0.05) is 13.3 Å². The summed E-state index contributed by atoms with van der Waals surface area (Å²) in [7, 11) is 0.